The number of carbonyl (C=O) groups excluding carboxylic acids is 1. The molecular weight excluding hydrogens is 497 g/mol. The summed E-state index contributed by atoms with van der Waals surface area (Å²) in [6.07, 6.45) is 0.758. The normalized spacial score (nSPS) is 11.6. The number of rotatable bonds is 5. The fourth-order valence-electron chi connectivity index (χ4n) is 5.01. The van der Waals surface area contributed by atoms with Crippen molar-refractivity contribution < 1.29 is 18.1 Å². The molecule has 2 nitrogen and oxygen atoms in total. The molecule has 1 atom stereocenters. The lowest BCUT2D eigenvalue weighted by Gasteiger charge is -2.14. The van der Waals surface area contributed by atoms with Gasteiger partial charge in [0.05, 0.1) is 5.56 Å². The first kappa shape index (κ1) is 23.8. The third-order valence-corrected chi connectivity index (χ3v) is 8.50. The first-order chi connectivity index (χ1) is 18.5. The molecule has 38 heavy (non-hydrogen) atoms. The summed E-state index contributed by atoms with van der Waals surface area (Å²) in [6, 6.07) is 32.9. The minimum absolute atomic E-state index is 0.365. The fourth-order valence-corrected chi connectivity index (χ4v) is 6.73. The highest BCUT2D eigenvalue weighted by Gasteiger charge is 2.35. The van der Waals surface area contributed by atoms with Crippen LogP contribution in [0.3, 0.4) is 0 Å². The Morgan fingerprint density at radius 1 is 0.605 bits per heavy atom. The highest BCUT2D eigenvalue weighted by molar-refractivity contribution is 7.62. The van der Waals surface area contributed by atoms with Gasteiger partial charge in [-0.2, -0.15) is 0 Å². The maximum atomic E-state index is 14.6. The van der Waals surface area contributed by atoms with Gasteiger partial charge < -0.3 is 0 Å². The minimum Gasteiger partial charge on any atom is -0.298 e. The van der Waals surface area contributed by atoms with Crippen molar-refractivity contribution in [2.45, 2.75) is 0 Å². The second-order valence-electron chi connectivity index (χ2n) is 9.01. The zero-order chi connectivity index (χ0) is 26.2. The van der Waals surface area contributed by atoms with Gasteiger partial charge >= 0.3 is 7.80 Å². The SMILES string of the molecule is O=Cc1c([P+](=O)c2c(-c3ccc(F)cc3)c(-c3ccc(F)cc3)cc3ccccc23)ccc2ccccc12. The quantitative estimate of drug-likeness (QED) is 0.171. The first-order valence-electron chi connectivity index (χ1n) is 12.1. The molecule has 0 spiro atoms. The van der Waals surface area contributed by atoms with Crippen LogP contribution in [-0.4, -0.2) is 6.29 Å². The van der Waals surface area contributed by atoms with Crippen LogP contribution in [0.4, 0.5) is 8.78 Å². The fraction of sp³-hybridized carbons (Fsp3) is 0. The van der Waals surface area contributed by atoms with Crippen LogP contribution in [0.15, 0.2) is 115 Å². The largest absolute Gasteiger partial charge is 0.417 e. The molecule has 182 valence electrons. The van der Waals surface area contributed by atoms with Gasteiger partial charge in [0.25, 0.3) is 0 Å². The summed E-state index contributed by atoms with van der Waals surface area (Å²) in [5.41, 5.74) is 3.17. The maximum absolute atomic E-state index is 14.6. The van der Waals surface area contributed by atoms with Gasteiger partial charge in [0.15, 0.2) is 6.29 Å². The van der Waals surface area contributed by atoms with Gasteiger partial charge in [0.2, 0.25) is 10.6 Å². The maximum Gasteiger partial charge on any atom is 0.417 e. The second kappa shape index (κ2) is 9.74. The monoisotopic (exact) mass is 517 g/mol. The van der Waals surface area contributed by atoms with Crippen LogP contribution in [0.5, 0.6) is 0 Å². The van der Waals surface area contributed by atoms with Gasteiger partial charge in [-0.1, -0.05) is 71.3 Å². The van der Waals surface area contributed by atoms with Crippen molar-refractivity contribution in [1.29, 1.82) is 0 Å². The summed E-state index contributed by atoms with van der Waals surface area (Å²) in [7, 11) is -2.28. The molecule has 0 heterocycles. The molecule has 6 aromatic rings. The van der Waals surface area contributed by atoms with Crippen LogP contribution in [0, 0.1) is 11.6 Å². The summed E-state index contributed by atoms with van der Waals surface area (Å²) < 4.78 is 42.4. The van der Waals surface area contributed by atoms with Crippen molar-refractivity contribution in [3.63, 3.8) is 0 Å². The van der Waals surface area contributed by atoms with E-state index in [1.807, 2.05) is 60.7 Å². The molecule has 0 aliphatic rings. The van der Waals surface area contributed by atoms with Gasteiger partial charge in [-0.25, -0.2) is 8.78 Å². The van der Waals surface area contributed by atoms with Crippen molar-refractivity contribution in [2.24, 2.45) is 0 Å². The lowest BCUT2D eigenvalue weighted by molar-refractivity contribution is 0.112. The molecule has 1 unspecified atom stereocenters. The van der Waals surface area contributed by atoms with E-state index in [1.165, 1.54) is 24.3 Å². The van der Waals surface area contributed by atoms with E-state index in [2.05, 4.69) is 0 Å². The molecular formula is C33H20F2O2P+. The zero-order valence-electron chi connectivity index (χ0n) is 20.1. The van der Waals surface area contributed by atoms with Crippen LogP contribution in [0.1, 0.15) is 10.4 Å². The Balaban J connectivity index is 1.73. The number of carbonyl (C=O) groups is 1. The standard InChI is InChI=1S/C33H20F2O2P/c34-25-14-9-22(10-15-25)29-19-24-6-2-4-8-28(24)33(32(29)23-11-16-26(35)17-12-23)38(37)31-18-13-21-5-1-3-7-27(21)30(31)20-36/h1-20H/q+1. The van der Waals surface area contributed by atoms with Gasteiger partial charge in [-0.05, 0) is 81.4 Å². The van der Waals surface area contributed by atoms with E-state index in [0.717, 1.165) is 39.0 Å². The van der Waals surface area contributed by atoms with Crippen molar-refractivity contribution >= 4 is 46.2 Å². The molecule has 0 bridgehead atoms. The second-order valence-corrected chi connectivity index (χ2v) is 10.5. The summed E-state index contributed by atoms with van der Waals surface area (Å²) in [5, 5.41) is 4.20. The minimum atomic E-state index is -2.28. The van der Waals surface area contributed by atoms with Crippen molar-refractivity contribution in [1.82, 2.24) is 0 Å². The molecule has 0 radical (unpaired) electrons. The Morgan fingerprint density at radius 2 is 1.18 bits per heavy atom. The van der Waals surface area contributed by atoms with Gasteiger partial charge in [0, 0.05) is 10.9 Å². The molecule has 0 aromatic heterocycles. The summed E-state index contributed by atoms with van der Waals surface area (Å²) in [6.45, 7) is 0. The molecule has 0 fully saturated rings. The van der Waals surface area contributed by atoms with E-state index >= 15 is 0 Å². The van der Waals surface area contributed by atoms with Crippen molar-refractivity contribution in [3.05, 3.63) is 132 Å². The highest BCUT2D eigenvalue weighted by Crippen LogP contribution is 2.41. The third-order valence-electron chi connectivity index (χ3n) is 6.80. The lowest BCUT2D eigenvalue weighted by atomic mass is 9.91. The van der Waals surface area contributed by atoms with Crippen molar-refractivity contribution in [2.75, 3.05) is 0 Å². The smallest absolute Gasteiger partial charge is 0.298 e. The van der Waals surface area contributed by atoms with E-state index in [1.54, 1.807) is 30.3 Å². The van der Waals surface area contributed by atoms with E-state index in [9.17, 15) is 18.1 Å². The molecule has 0 amide bonds. The number of hydrogen-bond acceptors (Lipinski definition) is 2. The molecule has 0 N–H and O–H groups in total. The van der Waals surface area contributed by atoms with Crippen molar-refractivity contribution in [3.8, 4) is 22.3 Å². The molecule has 0 saturated heterocycles. The van der Waals surface area contributed by atoms with Gasteiger partial charge in [-0.15, -0.1) is 0 Å². The average molecular weight is 517 g/mol. The number of benzene rings is 6. The molecule has 6 rings (SSSR count). The predicted octanol–water partition coefficient (Wildman–Crippen LogP) is 8.20. The number of halogens is 2. The van der Waals surface area contributed by atoms with E-state index in [-0.39, 0.29) is 11.6 Å². The Bertz CT molecular complexity index is 1860. The van der Waals surface area contributed by atoms with E-state index in [4.69, 9.17) is 0 Å². The molecule has 0 aliphatic carbocycles. The zero-order valence-corrected chi connectivity index (χ0v) is 21.0. The Morgan fingerprint density at radius 3 is 1.84 bits per heavy atom. The van der Waals surface area contributed by atoms with Gasteiger partial charge in [-0.3, -0.25) is 4.79 Å². The lowest BCUT2D eigenvalue weighted by Crippen LogP contribution is -2.16. The summed E-state index contributed by atoms with van der Waals surface area (Å²) in [4.78, 5) is 12.3. The Hall–Kier alpha value is -4.53. The topological polar surface area (TPSA) is 34.1 Å². The average Bonchev–Trinajstić information content (AvgIpc) is 2.96. The first-order valence-corrected chi connectivity index (χ1v) is 13.3. The Kier molecular flexibility index (Phi) is 6.11. The molecule has 5 heteroatoms. The summed E-state index contributed by atoms with van der Waals surface area (Å²) >= 11 is 0. The number of hydrogen-bond donors (Lipinski definition) is 0. The number of aldehydes is 1. The number of fused-ring (bicyclic) bond motifs is 2. The van der Waals surface area contributed by atoms with Crippen LogP contribution >= 0.6 is 7.80 Å². The summed E-state index contributed by atoms with van der Waals surface area (Å²) in [5.74, 6) is -0.752. The van der Waals surface area contributed by atoms with Crippen LogP contribution < -0.4 is 10.6 Å². The van der Waals surface area contributed by atoms with Crippen LogP contribution in [0.25, 0.3) is 43.8 Å². The van der Waals surface area contributed by atoms with Crippen LogP contribution in [-0.2, 0) is 4.57 Å². The van der Waals surface area contributed by atoms with Crippen LogP contribution in [0.2, 0.25) is 0 Å². The molecule has 6 aromatic carbocycles. The van der Waals surface area contributed by atoms with E-state index < -0.39 is 7.80 Å². The highest BCUT2D eigenvalue weighted by atomic mass is 31.1. The predicted molar refractivity (Wildman–Crippen MR) is 151 cm³/mol. The van der Waals surface area contributed by atoms with Gasteiger partial charge in [0.1, 0.15) is 11.6 Å². The molecule has 0 aliphatic heterocycles. The third kappa shape index (κ3) is 4.09. The Labute approximate surface area is 219 Å². The van der Waals surface area contributed by atoms with E-state index in [0.29, 0.717) is 27.3 Å². The molecule has 0 saturated carbocycles.